The smallest absolute Gasteiger partial charge is 0.322 e. The van der Waals surface area contributed by atoms with Gasteiger partial charge in [0, 0.05) is 6.07 Å². The van der Waals surface area contributed by atoms with Gasteiger partial charge in [-0.3, -0.25) is 4.79 Å². The van der Waals surface area contributed by atoms with Crippen LogP contribution in [0.3, 0.4) is 0 Å². The third-order valence-corrected chi connectivity index (χ3v) is 2.58. The quantitative estimate of drug-likeness (QED) is 0.694. The van der Waals surface area contributed by atoms with Gasteiger partial charge in [0.1, 0.15) is 18.2 Å². The molecule has 1 aromatic rings. The molecular formula is C11H12F2N2O2S. The Morgan fingerprint density at radius 1 is 1.39 bits per heavy atom. The molecule has 98 valence electrons. The molecule has 4 N–H and O–H groups in total. The van der Waals surface area contributed by atoms with E-state index in [0.29, 0.717) is 5.56 Å². The number of thiocarbonyl (C=S) groups is 1. The lowest BCUT2D eigenvalue weighted by molar-refractivity contribution is -0.135. The lowest BCUT2D eigenvalue weighted by Gasteiger charge is -2.14. The third kappa shape index (κ3) is 4.72. The summed E-state index contributed by atoms with van der Waals surface area (Å²) in [4.78, 5) is 10.5. The molecule has 1 unspecified atom stereocenters. The molecular weight excluding hydrogens is 262 g/mol. The number of carboxylic acid groups (broad SMARTS) is 1. The first-order valence-corrected chi connectivity index (χ1v) is 5.49. The highest BCUT2D eigenvalue weighted by molar-refractivity contribution is 7.80. The minimum absolute atomic E-state index is 0.125. The summed E-state index contributed by atoms with van der Waals surface area (Å²) in [7, 11) is 0. The van der Waals surface area contributed by atoms with Crippen molar-refractivity contribution in [2.24, 2.45) is 5.73 Å². The van der Waals surface area contributed by atoms with Gasteiger partial charge >= 0.3 is 5.97 Å². The Bertz CT molecular complexity index is 448. The minimum Gasteiger partial charge on any atom is -0.480 e. The molecule has 0 amide bonds. The molecule has 0 aromatic heterocycles. The van der Waals surface area contributed by atoms with E-state index in [9.17, 15) is 13.6 Å². The van der Waals surface area contributed by atoms with Crippen molar-refractivity contribution in [3.63, 3.8) is 0 Å². The Kier molecular flexibility index (Phi) is 5.11. The molecule has 7 heteroatoms. The zero-order chi connectivity index (χ0) is 13.7. The van der Waals surface area contributed by atoms with Crippen LogP contribution < -0.4 is 11.1 Å². The zero-order valence-corrected chi connectivity index (χ0v) is 10.1. The molecule has 0 aliphatic carbocycles. The second kappa shape index (κ2) is 6.36. The summed E-state index contributed by atoms with van der Waals surface area (Å²) in [6, 6.07) is 2.38. The highest BCUT2D eigenvalue weighted by Crippen LogP contribution is 2.09. The van der Waals surface area contributed by atoms with Crippen LogP contribution in [0.5, 0.6) is 0 Å². The van der Waals surface area contributed by atoms with Gasteiger partial charge in [-0.05, 0) is 24.1 Å². The highest BCUT2D eigenvalue weighted by atomic mass is 32.1. The Morgan fingerprint density at radius 3 is 2.44 bits per heavy atom. The van der Waals surface area contributed by atoms with E-state index >= 15 is 0 Å². The minimum atomic E-state index is -1.07. The Morgan fingerprint density at radius 2 is 1.94 bits per heavy atom. The number of nitrogens with two attached hydrogens (primary N) is 1. The van der Waals surface area contributed by atoms with E-state index in [1.807, 2.05) is 0 Å². The van der Waals surface area contributed by atoms with Crippen molar-refractivity contribution < 1.29 is 18.7 Å². The fourth-order valence-corrected chi connectivity index (χ4v) is 1.52. The standard InChI is InChI=1S/C11H12F2N2O2S/c12-7-1-6(2-8(13)4-7)3-9(14)11(18)15-5-10(16)17/h1-2,4,9H,3,5,14H2,(H,15,18)(H,16,17). The summed E-state index contributed by atoms with van der Waals surface area (Å²) in [6.07, 6.45) is 0.125. The fraction of sp³-hybridized carbons (Fsp3) is 0.273. The van der Waals surface area contributed by atoms with Gasteiger partial charge in [0.15, 0.2) is 0 Å². The summed E-state index contributed by atoms with van der Waals surface area (Å²) < 4.78 is 25.9. The van der Waals surface area contributed by atoms with E-state index in [-0.39, 0.29) is 18.0 Å². The van der Waals surface area contributed by atoms with E-state index in [1.165, 1.54) is 0 Å². The number of hydrogen-bond acceptors (Lipinski definition) is 3. The molecule has 0 fully saturated rings. The number of benzene rings is 1. The zero-order valence-electron chi connectivity index (χ0n) is 9.32. The molecule has 0 spiro atoms. The van der Waals surface area contributed by atoms with Gasteiger partial charge < -0.3 is 16.2 Å². The van der Waals surface area contributed by atoms with E-state index < -0.39 is 23.6 Å². The first-order chi connectivity index (χ1) is 8.38. The molecule has 4 nitrogen and oxygen atoms in total. The van der Waals surface area contributed by atoms with Gasteiger partial charge in [0.25, 0.3) is 0 Å². The molecule has 0 radical (unpaired) electrons. The Hall–Kier alpha value is -1.60. The molecule has 0 aliphatic heterocycles. The second-order valence-electron chi connectivity index (χ2n) is 3.70. The first kappa shape index (κ1) is 14.5. The van der Waals surface area contributed by atoms with E-state index in [2.05, 4.69) is 5.32 Å². The predicted molar refractivity (Wildman–Crippen MR) is 66.3 cm³/mol. The van der Waals surface area contributed by atoms with Crippen molar-refractivity contribution in [2.75, 3.05) is 6.54 Å². The molecule has 18 heavy (non-hydrogen) atoms. The molecule has 1 rings (SSSR count). The summed E-state index contributed by atoms with van der Waals surface area (Å²) >= 11 is 4.87. The SMILES string of the molecule is NC(Cc1cc(F)cc(F)c1)C(=S)NCC(=O)O. The van der Waals surface area contributed by atoms with E-state index in [1.54, 1.807) is 0 Å². The van der Waals surface area contributed by atoms with Gasteiger partial charge in [-0.1, -0.05) is 12.2 Å². The van der Waals surface area contributed by atoms with Crippen LogP contribution in [0.25, 0.3) is 0 Å². The Balaban J connectivity index is 2.60. The van der Waals surface area contributed by atoms with Crippen molar-refractivity contribution in [1.29, 1.82) is 0 Å². The van der Waals surface area contributed by atoms with Crippen molar-refractivity contribution in [3.05, 3.63) is 35.4 Å². The second-order valence-corrected chi connectivity index (χ2v) is 4.14. The molecule has 0 saturated carbocycles. The van der Waals surface area contributed by atoms with Crippen LogP contribution in [0, 0.1) is 11.6 Å². The summed E-state index contributed by atoms with van der Waals surface area (Å²) in [6.45, 7) is -0.343. The number of rotatable bonds is 5. The average molecular weight is 274 g/mol. The normalized spacial score (nSPS) is 11.9. The topological polar surface area (TPSA) is 75.3 Å². The third-order valence-electron chi connectivity index (χ3n) is 2.13. The van der Waals surface area contributed by atoms with Crippen molar-refractivity contribution in [2.45, 2.75) is 12.5 Å². The fourth-order valence-electron chi connectivity index (χ4n) is 1.37. The molecule has 1 aromatic carbocycles. The highest BCUT2D eigenvalue weighted by Gasteiger charge is 2.12. The molecule has 0 aliphatic rings. The van der Waals surface area contributed by atoms with E-state index in [4.69, 9.17) is 23.1 Å². The maximum atomic E-state index is 12.9. The average Bonchev–Trinajstić information content (AvgIpc) is 2.24. The largest absolute Gasteiger partial charge is 0.480 e. The van der Waals surface area contributed by atoms with Crippen LogP contribution in [0.1, 0.15) is 5.56 Å². The number of carboxylic acids is 1. The van der Waals surface area contributed by atoms with E-state index in [0.717, 1.165) is 18.2 Å². The maximum absolute atomic E-state index is 12.9. The maximum Gasteiger partial charge on any atom is 0.322 e. The lowest BCUT2D eigenvalue weighted by Crippen LogP contribution is -2.42. The van der Waals surface area contributed by atoms with Crippen LogP contribution in [0.15, 0.2) is 18.2 Å². The number of carbonyl (C=O) groups is 1. The van der Waals surface area contributed by atoms with Crippen LogP contribution in [0.2, 0.25) is 0 Å². The summed E-state index contributed by atoms with van der Waals surface area (Å²) in [5.74, 6) is -2.45. The van der Waals surface area contributed by atoms with Crippen LogP contribution >= 0.6 is 12.2 Å². The predicted octanol–water partition coefficient (Wildman–Crippen LogP) is 0.836. The van der Waals surface area contributed by atoms with Gasteiger partial charge in [0.05, 0.1) is 11.0 Å². The van der Waals surface area contributed by atoms with Crippen LogP contribution in [-0.2, 0) is 11.2 Å². The monoisotopic (exact) mass is 274 g/mol. The lowest BCUT2D eigenvalue weighted by atomic mass is 10.1. The number of hydrogen-bond donors (Lipinski definition) is 3. The Labute approximate surface area is 108 Å². The molecule has 0 saturated heterocycles. The van der Waals surface area contributed by atoms with Gasteiger partial charge in [0.2, 0.25) is 0 Å². The van der Waals surface area contributed by atoms with Crippen LogP contribution in [0.4, 0.5) is 8.78 Å². The summed E-state index contributed by atoms with van der Waals surface area (Å²) in [5, 5.41) is 10.9. The van der Waals surface area contributed by atoms with Gasteiger partial charge in [-0.2, -0.15) is 0 Å². The van der Waals surface area contributed by atoms with Crippen molar-refractivity contribution >= 4 is 23.2 Å². The number of aliphatic carboxylic acids is 1. The molecule has 0 bridgehead atoms. The molecule has 1 atom stereocenters. The summed E-state index contributed by atoms with van der Waals surface area (Å²) in [5.41, 5.74) is 6.05. The van der Waals surface area contributed by atoms with Crippen molar-refractivity contribution in [1.82, 2.24) is 5.32 Å². The molecule has 0 heterocycles. The van der Waals surface area contributed by atoms with Gasteiger partial charge in [-0.25, -0.2) is 8.78 Å². The van der Waals surface area contributed by atoms with Gasteiger partial charge in [-0.15, -0.1) is 0 Å². The van der Waals surface area contributed by atoms with Crippen LogP contribution in [-0.4, -0.2) is 28.7 Å². The first-order valence-electron chi connectivity index (χ1n) is 5.08. The number of halogens is 2. The van der Waals surface area contributed by atoms with Crippen molar-refractivity contribution in [3.8, 4) is 0 Å². The number of nitrogens with one attached hydrogen (secondary N) is 1.